The highest BCUT2D eigenvalue weighted by Gasteiger charge is 2.18. The molecule has 2 rings (SSSR count). The summed E-state index contributed by atoms with van der Waals surface area (Å²) in [7, 11) is -3.70. The van der Waals surface area contributed by atoms with Crippen LogP contribution in [0.1, 0.15) is 12.5 Å². The molecule has 18 heavy (non-hydrogen) atoms. The van der Waals surface area contributed by atoms with Crippen LogP contribution in [0.25, 0.3) is 10.9 Å². The smallest absolute Gasteiger partial charge is 0.264 e. The van der Waals surface area contributed by atoms with Crippen LogP contribution in [0, 0.1) is 6.92 Å². The predicted molar refractivity (Wildman–Crippen MR) is 68.4 cm³/mol. The lowest BCUT2D eigenvalue weighted by Gasteiger charge is -2.08. The standard InChI is InChI=1S/C12H14N2O3S/c1-3-17-14-18(15,16)11-6-4-5-10-7-9(2)8-13-12(10)11/h4-8,14H,3H2,1-2H3. The second-order valence-corrected chi connectivity index (χ2v) is 5.47. The number of fused-ring (bicyclic) bond motifs is 1. The molecular weight excluding hydrogens is 252 g/mol. The first-order valence-electron chi connectivity index (χ1n) is 5.53. The van der Waals surface area contributed by atoms with E-state index in [1.165, 1.54) is 6.07 Å². The molecule has 1 aromatic carbocycles. The van der Waals surface area contributed by atoms with Crippen molar-refractivity contribution >= 4 is 20.9 Å². The Bertz CT molecular complexity index is 668. The number of hydrogen-bond donors (Lipinski definition) is 1. The van der Waals surface area contributed by atoms with Crippen molar-refractivity contribution < 1.29 is 13.3 Å². The zero-order chi connectivity index (χ0) is 13.2. The maximum atomic E-state index is 12.0. The summed E-state index contributed by atoms with van der Waals surface area (Å²) >= 11 is 0. The molecule has 0 bridgehead atoms. The fourth-order valence-corrected chi connectivity index (χ4v) is 2.69. The number of nitrogens with zero attached hydrogens (tertiary/aromatic N) is 1. The summed E-state index contributed by atoms with van der Waals surface area (Å²) in [4.78, 5) is 11.1. The Labute approximate surface area is 106 Å². The molecule has 6 heteroatoms. The van der Waals surface area contributed by atoms with Gasteiger partial charge in [0.05, 0.1) is 12.1 Å². The third kappa shape index (κ3) is 2.50. The van der Waals surface area contributed by atoms with Crippen LogP contribution in [0.15, 0.2) is 35.4 Å². The largest absolute Gasteiger partial charge is 0.287 e. The summed E-state index contributed by atoms with van der Waals surface area (Å²) in [5, 5.41) is 0.786. The van der Waals surface area contributed by atoms with Crippen molar-refractivity contribution in [2.24, 2.45) is 0 Å². The minimum absolute atomic E-state index is 0.119. The molecule has 0 atom stereocenters. The van der Waals surface area contributed by atoms with Crippen LogP contribution < -0.4 is 4.89 Å². The van der Waals surface area contributed by atoms with Gasteiger partial charge in [-0.1, -0.05) is 17.0 Å². The van der Waals surface area contributed by atoms with E-state index in [0.717, 1.165) is 10.9 Å². The topological polar surface area (TPSA) is 68.3 Å². The second-order valence-electron chi connectivity index (χ2n) is 3.86. The van der Waals surface area contributed by atoms with Gasteiger partial charge in [-0.2, -0.15) is 0 Å². The van der Waals surface area contributed by atoms with Crippen molar-refractivity contribution in [1.29, 1.82) is 0 Å². The molecule has 0 saturated carbocycles. The third-order valence-corrected chi connectivity index (χ3v) is 3.66. The minimum Gasteiger partial charge on any atom is -0.287 e. The van der Waals surface area contributed by atoms with Gasteiger partial charge in [-0.3, -0.25) is 9.82 Å². The van der Waals surface area contributed by atoms with E-state index in [4.69, 9.17) is 4.84 Å². The maximum absolute atomic E-state index is 12.0. The van der Waals surface area contributed by atoms with Crippen molar-refractivity contribution in [3.63, 3.8) is 0 Å². The lowest BCUT2D eigenvalue weighted by molar-refractivity contribution is 0.105. The van der Waals surface area contributed by atoms with Gasteiger partial charge in [-0.05, 0) is 31.5 Å². The molecule has 0 saturated heterocycles. The van der Waals surface area contributed by atoms with E-state index < -0.39 is 10.0 Å². The Morgan fingerprint density at radius 3 is 2.89 bits per heavy atom. The second kappa shape index (κ2) is 5.01. The van der Waals surface area contributed by atoms with Crippen LogP contribution >= 0.6 is 0 Å². The zero-order valence-corrected chi connectivity index (χ0v) is 11.0. The molecule has 2 aromatic rings. The van der Waals surface area contributed by atoms with Gasteiger partial charge in [0.25, 0.3) is 10.0 Å². The van der Waals surface area contributed by atoms with E-state index in [0.29, 0.717) is 5.52 Å². The van der Waals surface area contributed by atoms with Gasteiger partial charge >= 0.3 is 0 Å². The van der Waals surface area contributed by atoms with E-state index in [-0.39, 0.29) is 11.5 Å². The third-order valence-electron chi connectivity index (χ3n) is 2.41. The fraction of sp³-hybridized carbons (Fsp3) is 0.250. The molecule has 0 aliphatic carbocycles. The summed E-state index contributed by atoms with van der Waals surface area (Å²) in [5.74, 6) is 0. The number of pyridine rings is 1. The molecule has 0 spiro atoms. The van der Waals surface area contributed by atoms with E-state index in [2.05, 4.69) is 9.87 Å². The molecule has 96 valence electrons. The van der Waals surface area contributed by atoms with E-state index >= 15 is 0 Å². The molecule has 0 unspecified atom stereocenters. The van der Waals surface area contributed by atoms with Crippen LogP contribution in [0.2, 0.25) is 0 Å². The molecule has 1 heterocycles. The van der Waals surface area contributed by atoms with Crippen molar-refractivity contribution in [1.82, 2.24) is 9.87 Å². The quantitative estimate of drug-likeness (QED) is 0.856. The van der Waals surface area contributed by atoms with Gasteiger partial charge in [-0.15, -0.1) is 0 Å². The number of para-hydroxylation sites is 1. The zero-order valence-electron chi connectivity index (χ0n) is 10.2. The van der Waals surface area contributed by atoms with Gasteiger partial charge in [0.1, 0.15) is 4.90 Å². The number of sulfonamides is 1. The number of nitrogens with one attached hydrogen (secondary N) is 1. The summed E-state index contributed by atoms with van der Waals surface area (Å²) in [6.45, 7) is 3.87. The summed E-state index contributed by atoms with van der Waals surface area (Å²) in [5.41, 5.74) is 1.42. The molecule has 1 aromatic heterocycles. The average Bonchev–Trinajstić information content (AvgIpc) is 2.35. The highest BCUT2D eigenvalue weighted by Crippen LogP contribution is 2.21. The van der Waals surface area contributed by atoms with Crippen molar-refractivity contribution in [2.45, 2.75) is 18.7 Å². The van der Waals surface area contributed by atoms with Gasteiger partial charge in [-0.25, -0.2) is 8.42 Å². The molecule has 5 nitrogen and oxygen atoms in total. The van der Waals surface area contributed by atoms with Crippen molar-refractivity contribution in [2.75, 3.05) is 6.61 Å². The van der Waals surface area contributed by atoms with Crippen LogP contribution in [0.5, 0.6) is 0 Å². The lowest BCUT2D eigenvalue weighted by Crippen LogP contribution is -2.24. The van der Waals surface area contributed by atoms with E-state index in [1.54, 1.807) is 19.2 Å². The fourth-order valence-electron chi connectivity index (χ4n) is 1.64. The predicted octanol–water partition coefficient (Wildman–Crippen LogP) is 1.77. The molecule has 0 amide bonds. The summed E-state index contributed by atoms with van der Waals surface area (Å²) in [6, 6.07) is 6.91. The van der Waals surface area contributed by atoms with Crippen LogP contribution in [0.3, 0.4) is 0 Å². The first-order valence-corrected chi connectivity index (χ1v) is 7.02. The van der Waals surface area contributed by atoms with Gasteiger partial charge < -0.3 is 0 Å². The van der Waals surface area contributed by atoms with Crippen LogP contribution in [0.4, 0.5) is 0 Å². The summed E-state index contributed by atoms with van der Waals surface area (Å²) < 4.78 is 24.0. The van der Waals surface area contributed by atoms with Crippen LogP contribution in [-0.4, -0.2) is 20.0 Å². The van der Waals surface area contributed by atoms with Gasteiger partial charge in [0.2, 0.25) is 0 Å². The highest BCUT2D eigenvalue weighted by molar-refractivity contribution is 7.89. The van der Waals surface area contributed by atoms with Crippen molar-refractivity contribution in [3.8, 4) is 0 Å². The Kier molecular flexibility index (Phi) is 3.60. The number of benzene rings is 1. The highest BCUT2D eigenvalue weighted by atomic mass is 32.2. The Balaban J connectivity index is 2.58. The van der Waals surface area contributed by atoms with Crippen LogP contribution in [-0.2, 0) is 14.9 Å². The SMILES string of the molecule is CCONS(=O)(=O)c1cccc2cc(C)cnc12. The average molecular weight is 266 g/mol. The first-order chi connectivity index (χ1) is 8.54. The number of hydrogen-bond acceptors (Lipinski definition) is 4. The Morgan fingerprint density at radius 2 is 2.17 bits per heavy atom. The number of rotatable bonds is 4. The molecule has 1 N–H and O–H groups in total. The Morgan fingerprint density at radius 1 is 1.39 bits per heavy atom. The molecular formula is C12H14N2O3S. The normalized spacial score (nSPS) is 11.9. The number of aromatic nitrogens is 1. The van der Waals surface area contributed by atoms with E-state index in [1.807, 2.05) is 19.1 Å². The monoisotopic (exact) mass is 266 g/mol. The molecule has 0 fully saturated rings. The van der Waals surface area contributed by atoms with E-state index in [9.17, 15) is 8.42 Å². The lowest BCUT2D eigenvalue weighted by atomic mass is 10.2. The van der Waals surface area contributed by atoms with Crippen molar-refractivity contribution in [3.05, 3.63) is 36.0 Å². The minimum atomic E-state index is -3.70. The maximum Gasteiger partial charge on any atom is 0.264 e. The van der Waals surface area contributed by atoms with Gasteiger partial charge in [0.15, 0.2) is 0 Å². The molecule has 0 radical (unpaired) electrons. The molecule has 0 aliphatic rings. The summed E-state index contributed by atoms with van der Waals surface area (Å²) in [6.07, 6.45) is 1.64. The Hall–Kier alpha value is -1.50. The van der Waals surface area contributed by atoms with Gasteiger partial charge in [0, 0.05) is 11.6 Å². The number of aryl methyl sites for hydroxylation is 1. The first kappa shape index (κ1) is 12.9. The molecule has 0 aliphatic heterocycles.